The molecule has 2 heterocycles. The highest BCUT2D eigenvalue weighted by molar-refractivity contribution is 5.94. The Hall–Kier alpha value is -3.00. The highest BCUT2D eigenvalue weighted by atomic mass is 16.5. The van der Waals surface area contributed by atoms with Gasteiger partial charge in [-0.3, -0.25) is 0 Å². The average molecular weight is 297 g/mol. The third-order valence-corrected chi connectivity index (χ3v) is 4.51. The number of anilines is 1. The maximum Gasteiger partial charge on any atom is 0.220 e. The fourth-order valence-electron chi connectivity index (χ4n) is 3.34. The van der Waals surface area contributed by atoms with Gasteiger partial charge in [0.15, 0.2) is 0 Å². The molecule has 1 atom stereocenters. The molecule has 110 valence electrons. The summed E-state index contributed by atoms with van der Waals surface area (Å²) in [5.74, 6) is 0.905. The zero-order chi connectivity index (χ0) is 15.3. The number of hydrogen-bond acceptors (Lipinski definition) is 2. The molecule has 0 aliphatic carbocycles. The van der Waals surface area contributed by atoms with Gasteiger partial charge in [-0.25, -0.2) is 0 Å². The first-order chi connectivity index (χ1) is 11.3. The monoisotopic (exact) mass is 297 g/mol. The van der Waals surface area contributed by atoms with Gasteiger partial charge in [0.2, 0.25) is 5.72 Å². The van der Waals surface area contributed by atoms with E-state index in [4.69, 9.17) is 4.74 Å². The lowest BCUT2D eigenvalue weighted by Gasteiger charge is -2.36. The molecule has 1 N–H and O–H groups in total. The molecule has 0 aromatic heterocycles. The SMILES string of the molecule is C1=CC2(C=Cc3c(ccc4ccccc34)O2)Nc2ccccc21. The summed E-state index contributed by atoms with van der Waals surface area (Å²) >= 11 is 0. The molecule has 0 amide bonds. The van der Waals surface area contributed by atoms with E-state index in [1.54, 1.807) is 0 Å². The lowest BCUT2D eigenvalue weighted by Crippen LogP contribution is -2.43. The van der Waals surface area contributed by atoms with E-state index in [-0.39, 0.29) is 0 Å². The highest BCUT2D eigenvalue weighted by Crippen LogP contribution is 2.39. The third-order valence-electron chi connectivity index (χ3n) is 4.51. The second kappa shape index (κ2) is 4.50. The highest BCUT2D eigenvalue weighted by Gasteiger charge is 2.33. The van der Waals surface area contributed by atoms with E-state index in [0.29, 0.717) is 0 Å². The van der Waals surface area contributed by atoms with Gasteiger partial charge in [0.05, 0.1) is 0 Å². The molecule has 0 fully saturated rings. The number of nitrogens with one attached hydrogen (secondary N) is 1. The van der Waals surface area contributed by atoms with Crippen molar-refractivity contribution in [1.29, 1.82) is 0 Å². The molecular weight excluding hydrogens is 282 g/mol. The maximum atomic E-state index is 6.34. The van der Waals surface area contributed by atoms with Crippen LogP contribution in [0, 0.1) is 0 Å². The Morgan fingerprint density at radius 2 is 1.61 bits per heavy atom. The topological polar surface area (TPSA) is 21.3 Å². The number of benzene rings is 3. The Balaban J connectivity index is 1.62. The molecule has 0 radical (unpaired) electrons. The Bertz CT molecular complexity index is 986. The number of hydrogen-bond donors (Lipinski definition) is 1. The van der Waals surface area contributed by atoms with Crippen molar-refractivity contribution in [3.05, 3.63) is 83.9 Å². The summed E-state index contributed by atoms with van der Waals surface area (Å²) in [4.78, 5) is 0. The van der Waals surface area contributed by atoms with E-state index in [2.05, 4.69) is 78.2 Å². The van der Waals surface area contributed by atoms with Gasteiger partial charge in [0.25, 0.3) is 0 Å². The van der Waals surface area contributed by atoms with Gasteiger partial charge in [-0.1, -0.05) is 54.6 Å². The van der Waals surface area contributed by atoms with Gasteiger partial charge in [0.1, 0.15) is 5.75 Å². The quantitative estimate of drug-likeness (QED) is 0.624. The normalized spacial score (nSPS) is 20.7. The predicted octanol–water partition coefficient (Wildman–Crippen LogP) is 5.08. The van der Waals surface area contributed by atoms with E-state index < -0.39 is 5.72 Å². The Kier molecular flexibility index (Phi) is 2.45. The molecule has 0 bridgehead atoms. The van der Waals surface area contributed by atoms with Crippen LogP contribution in [0.15, 0.2) is 72.8 Å². The summed E-state index contributed by atoms with van der Waals surface area (Å²) in [6.07, 6.45) is 8.44. The summed E-state index contributed by atoms with van der Waals surface area (Å²) in [6, 6.07) is 20.8. The Morgan fingerprint density at radius 3 is 2.61 bits per heavy atom. The van der Waals surface area contributed by atoms with Crippen molar-refractivity contribution >= 4 is 28.6 Å². The van der Waals surface area contributed by atoms with E-state index >= 15 is 0 Å². The number of ether oxygens (including phenoxy) is 1. The Morgan fingerprint density at radius 1 is 0.783 bits per heavy atom. The predicted molar refractivity (Wildman–Crippen MR) is 95.4 cm³/mol. The van der Waals surface area contributed by atoms with Gasteiger partial charge in [-0.2, -0.15) is 0 Å². The van der Waals surface area contributed by atoms with Crippen LogP contribution in [0.1, 0.15) is 11.1 Å². The summed E-state index contributed by atoms with van der Waals surface area (Å²) in [5.41, 5.74) is 2.80. The van der Waals surface area contributed by atoms with Gasteiger partial charge in [0, 0.05) is 11.3 Å². The largest absolute Gasteiger partial charge is 0.460 e. The molecule has 23 heavy (non-hydrogen) atoms. The first-order valence-corrected chi connectivity index (χ1v) is 7.79. The van der Waals surface area contributed by atoms with E-state index in [1.807, 2.05) is 12.1 Å². The van der Waals surface area contributed by atoms with Crippen LogP contribution in [0.4, 0.5) is 5.69 Å². The number of para-hydroxylation sites is 1. The first kappa shape index (κ1) is 12.5. The van der Waals surface area contributed by atoms with Crippen LogP contribution in [-0.2, 0) is 0 Å². The van der Waals surface area contributed by atoms with E-state index in [1.165, 1.54) is 16.3 Å². The second-order valence-electron chi connectivity index (χ2n) is 5.97. The zero-order valence-electron chi connectivity index (χ0n) is 12.5. The molecule has 0 saturated carbocycles. The molecule has 1 spiro atoms. The van der Waals surface area contributed by atoms with Crippen LogP contribution in [-0.4, -0.2) is 5.72 Å². The van der Waals surface area contributed by atoms with Crippen molar-refractivity contribution in [3.8, 4) is 5.75 Å². The zero-order valence-corrected chi connectivity index (χ0v) is 12.5. The standard InChI is InChI=1S/C21H15NO/c1-3-7-17-15(5-1)9-10-20-18(17)12-14-21(23-20)13-11-16-6-2-4-8-19(16)22-21/h1-14,22H. The van der Waals surface area contributed by atoms with E-state index in [0.717, 1.165) is 17.0 Å². The van der Waals surface area contributed by atoms with Crippen molar-refractivity contribution in [2.75, 3.05) is 5.32 Å². The maximum absolute atomic E-state index is 6.34. The number of rotatable bonds is 0. The molecule has 2 nitrogen and oxygen atoms in total. The fraction of sp³-hybridized carbons (Fsp3) is 0.0476. The fourth-order valence-corrected chi connectivity index (χ4v) is 3.34. The molecule has 2 heteroatoms. The Labute approximate surface area is 134 Å². The van der Waals surface area contributed by atoms with Gasteiger partial charge >= 0.3 is 0 Å². The van der Waals surface area contributed by atoms with Crippen LogP contribution >= 0.6 is 0 Å². The van der Waals surface area contributed by atoms with Crippen LogP contribution in [0.2, 0.25) is 0 Å². The molecule has 2 aliphatic rings. The summed E-state index contributed by atoms with van der Waals surface area (Å²) in [7, 11) is 0. The van der Waals surface area contributed by atoms with Crippen molar-refractivity contribution < 1.29 is 4.74 Å². The minimum Gasteiger partial charge on any atom is -0.460 e. The van der Waals surface area contributed by atoms with Gasteiger partial charge in [-0.05, 0) is 46.7 Å². The van der Waals surface area contributed by atoms with Crippen molar-refractivity contribution in [1.82, 2.24) is 0 Å². The number of fused-ring (bicyclic) bond motifs is 4. The minimum atomic E-state index is -0.607. The second-order valence-corrected chi connectivity index (χ2v) is 5.97. The first-order valence-electron chi connectivity index (χ1n) is 7.79. The summed E-state index contributed by atoms with van der Waals surface area (Å²) in [5, 5.41) is 5.95. The molecular formula is C21H15NO. The van der Waals surface area contributed by atoms with E-state index in [9.17, 15) is 0 Å². The van der Waals surface area contributed by atoms with Crippen molar-refractivity contribution in [2.24, 2.45) is 0 Å². The molecule has 0 saturated heterocycles. The molecule has 1 unspecified atom stereocenters. The van der Waals surface area contributed by atoms with Crippen LogP contribution < -0.4 is 10.1 Å². The van der Waals surface area contributed by atoms with Crippen LogP contribution in [0.5, 0.6) is 5.75 Å². The van der Waals surface area contributed by atoms with Crippen LogP contribution in [0.25, 0.3) is 22.9 Å². The third kappa shape index (κ3) is 1.88. The molecule has 2 aliphatic heterocycles. The summed E-state index contributed by atoms with van der Waals surface area (Å²) < 4.78 is 6.34. The van der Waals surface area contributed by atoms with Gasteiger partial charge < -0.3 is 10.1 Å². The van der Waals surface area contributed by atoms with Gasteiger partial charge in [-0.15, -0.1) is 0 Å². The molecule has 3 aromatic rings. The smallest absolute Gasteiger partial charge is 0.220 e. The van der Waals surface area contributed by atoms with Crippen molar-refractivity contribution in [3.63, 3.8) is 0 Å². The molecule has 5 rings (SSSR count). The minimum absolute atomic E-state index is 0.607. The lowest BCUT2D eigenvalue weighted by atomic mass is 9.96. The average Bonchev–Trinajstić information content (AvgIpc) is 2.61. The van der Waals surface area contributed by atoms with Crippen molar-refractivity contribution in [2.45, 2.75) is 5.72 Å². The summed E-state index contributed by atoms with van der Waals surface area (Å²) in [6.45, 7) is 0. The molecule has 3 aromatic carbocycles. The van der Waals surface area contributed by atoms with Crippen LogP contribution in [0.3, 0.4) is 0 Å². The lowest BCUT2D eigenvalue weighted by molar-refractivity contribution is 0.198.